The van der Waals surface area contributed by atoms with E-state index in [1.165, 1.54) is 5.56 Å². The van der Waals surface area contributed by atoms with Crippen LogP contribution in [0.15, 0.2) is 24.3 Å². The number of thiol groups is 1. The molecule has 0 bridgehead atoms. The molecule has 2 heteroatoms. The Balaban J connectivity index is 0.000000371. The minimum atomic E-state index is 0.810. The van der Waals surface area contributed by atoms with Crippen LogP contribution in [-0.2, 0) is 0 Å². The van der Waals surface area contributed by atoms with E-state index in [4.69, 9.17) is 11.6 Å². The Bertz CT molecular complexity index is 169. The summed E-state index contributed by atoms with van der Waals surface area (Å²) in [7, 11) is 0. The van der Waals surface area contributed by atoms with Gasteiger partial charge < -0.3 is 0 Å². The van der Waals surface area contributed by atoms with Crippen molar-refractivity contribution in [3.8, 4) is 0 Å². The van der Waals surface area contributed by atoms with Gasteiger partial charge >= 0.3 is 0 Å². The first kappa shape index (κ1) is 9.86. The number of aryl methyl sites for hydroxylation is 1. The molecule has 0 atom stereocenters. The van der Waals surface area contributed by atoms with Crippen molar-refractivity contribution in [1.29, 1.82) is 0 Å². The highest BCUT2D eigenvalue weighted by molar-refractivity contribution is 7.79. The molecule has 0 fully saturated rings. The van der Waals surface area contributed by atoms with Crippen molar-refractivity contribution in [2.75, 3.05) is 6.26 Å². The summed E-state index contributed by atoms with van der Waals surface area (Å²) in [4.78, 5) is 0. The number of hydrogen-bond donors (Lipinski definition) is 1. The second kappa shape index (κ2) is 5.63. The largest absolute Gasteiger partial charge is 0.183 e. The van der Waals surface area contributed by atoms with E-state index in [1.54, 1.807) is 6.26 Å². The molecule has 1 aromatic rings. The summed E-state index contributed by atoms with van der Waals surface area (Å²) in [6.45, 7) is 2.02. The fourth-order valence-electron chi connectivity index (χ4n) is 0.606. The van der Waals surface area contributed by atoms with Crippen molar-refractivity contribution in [3.05, 3.63) is 34.9 Å². The number of rotatable bonds is 0. The van der Waals surface area contributed by atoms with Crippen molar-refractivity contribution in [2.24, 2.45) is 0 Å². The molecule has 1 rings (SSSR count). The summed E-state index contributed by atoms with van der Waals surface area (Å²) in [5, 5.41) is 0.810. The van der Waals surface area contributed by atoms with Crippen LogP contribution in [-0.4, -0.2) is 6.26 Å². The summed E-state index contributed by atoms with van der Waals surface area (Å²) in [5.41, 5.74) is 1.21. The Kier molecular flexibility index (Phi) is 5.55. The predicted octanol–water partition coefficient (Wildman–Crippen LogP) is 3.19. The molecule has 0 aliphatic heterocycles. The zero-order valence-corrected chi connectivity index (χ0v) is 7.78. The van der Waals surface area contributed by atoms with Crippen LogP contribution in [0.2, 0.25) is 5.02 Å². The summed E-state index contributed by atoms with van der Waals surface area (Å²) in [5.74, 6) is 0. The summed E-state index contributed by atoms with van der Waals surface area (Å²) in [6.07, 6.45) is 1.69. The van der Waals surface area contributed by atoms with Crippen molar-refractivity contribution < 1.29 is 0 Å². The molecule has 0 unspecified atom stereocenters. The number of halogens is 1. The van der Waals surface area contributed by atoms with Gasteiger partial charge in [-0.05, 0) is 30.9 Å². The van der Waals surface area contributed by atoms with Gasteiger partial charge in [0.2, 0.25) is 0 Å². The first-order valence-corrected chi connectivity index (χ1v) is 4.23. The third-order valence-corrected chi connectivity index (χ3v) is 1.22. The molecule has 0 spiro atoms. The zero-order chi connectivity index (χ0) is 7.98. The Morgan fingerprint density at radius 3 is 2.20 bits per heavy atom. The first-order chi connectivity index (χ1) is 4.79. The van der Waals surface area contributed by atoms with Gasteiger partial charge in [0.1, 0.15) is 0 Å². The molecule has 1 aromatic carbocycles. The quantitative estimate of drug-likeness (QED) is 0.574. The lowest BCUT2D eigenvalue weighted by Gasteiger charge is -1.88. The highest BCUT2D eigenvalue weighted by Crippen LogP contribution is 2.08. The first-order valence-electron chi connectivity index (χ1n) is 2.96. The van der Waals surface area contributed by atoms with E-state index in [2.05, 4.69) is 12.6 Å². The van der Waals surface area contributed by atoms with E-state index in [9.17, 15) is 0 Å². The van der Waals surface area contributed by atoms with Crippen molar-refractivity contribution in [2.45, 2.75) is 6.92 Å². The minimum absolute atomic E-state index is 0.810. The molecule has 0 aromatic heterocycles. The van der Waals surface area contributed by atoms with E-state index in [0.29, 0.717) is 0 Å². The van der Waals surface area contributed by atoms with Crippen LogP contribution in [0.4, 0.5) is 0 Å². The number of benzene rings is 1. The molecule has 0 amide bonds. The molecule has 0 aliphatic rings. The second-order valence-electron chi connectivity index (χ2n) is 1.80. The van der Waals surface area contributed by atoms with Crippen LogP contribution < -0.4 is 0 Å². The molecular weight excluding hydrogens is 164 g/mol. The summed E-state index contributed by atoms with van der Waals surface area (Å²) < 4.78 is 0. The van der Waals surface area contributed by atoms with Gasteiger partial charge in [-0.1, -0.05) is 23.7 Å². The lowest BCUT2D eigenvalue weighted by atomic mass is 10.2. The van der Waals surface area contributed by atoms with Crippen LogP contribution in [0.1, 0.15) is 5.56 Å². The van der Waals surface area contributed by atoms with Gasteiger partial charge in [-0.2, -0.15) is 12.6 Å². The number of hydrogen-bond acceptors (Lipinski definition) is 1. The van der Waals surface area contributed by atoms with Gasteiger partial charge in [0.05, 0.1) is 0 Å². The molecular formula is C8H11ClS. The molecule has 56 valence electrons. The molecule has 10 heavy (non-hydrogen) atoms. The lowest BCUT2D eigenvalue weighted by molar-refractivity contribution is 1.47. The Labute approximate surface area is 72.6 Å². The van der Waals surface area contributed by atoms with E-state index in [1.807, 2.05) is 31.2 Å². The molecule has 0 saturated heterocycles. The van der Waals surface area contributed by atoms with E-state index in [-0.39, 0.29) is 0 Å². The third-order valence-electron chi connectivity index (χ3n) is 0.980. The molecule has 0 heterocycles. The average Bonchev–Trinajstić information content (AvgIpc) is 1.91. The van der Waals surface area contributed by atoms with Crippen molar-refractivity contribution in [3.63, 3.8) is 0 Å². The molecule has 0 aliphatic carbocycles. The van der Waals surface area contributed by atoms with E-state index in [0.717, 1.165) is 5.02 Å². The van der Waals surface area contributed by atoms with Crippen LogP contribution >= 0.6 is 24.2 Å². The molecule has 0 N–H and O–H groups in total. The van der Waals surface area contributed by atoms with E-state index >= 15 is 0 Å². The van der Waals surface area contributed by atoms with Crippen molar-refractivity contribution >= 4 is 24.2 Å². The highest BCUT2D eigenvalue weighted by Gasteiger charge is 1.82. The van der Waals surface area contributed by atoms with Gasteiger partial charge in [0.15, 0.2) is 0 Å². The highest BCUT2D eigenvalue weighted by atomic mass is 35.5. The van der Waals surface area contributed by atoms with E-state index < -0.39 is 0 Å². The monoisotopic (exact) mass is 174 g/mol. The predicted molar refractivity (Wildman–Crippen MR) is 51.1 cm³/mol. The third kappa shape index (κ3) is 3.80. The second-order valence-corrected chi connectivity index (χ2v) is 2.24. The van der Waals surface area contributed by atoms with Crippen LogP contribution in [0.3, 0.4) is 0 Å². The van der Waals surface area contributed by atoms with Gasteiger partial charge in [-0.25, -0.2) is 0 Å². The Morgan fingerprint density at radius 2 is 1.90 bits per heavy atom. The van der Waals surface area contributed by atoms with Crippen LogP contribution in [0.25, 0.3) is 0 Å². The van der Waals surface area contributed by atoms with Crippen LogP contribution in [0.5, 0.6) is 0 Å². The topological polar surface area (TPSA) is 0 Å². The molecule has 0 saturated carbocycles. The van der Waals surface area contributed by atoms with Gasteiger partial charge in [0, 0.05) is 5.02 Å². The van der Waals surface area contributed by atoms with Gasteiger partial charge in [-0.3, -0.25) is 0 Å². The molecule has 0 radical (unpaired) electrons. The fraction of sp³-hybridized carbons (Fsp3) is 0.250. The smallest absolute Gasteiger partial charge is 0.0408 e. The van der Waals surface area contributed by atoms with Crippen molar-refractivity contribution in [1.82, 2.24) is 0 Å². The SMILES string of the molecule is CS.Cc1cccc(Cl)c1. The van der Waals surface area contributed by atoms with Gasteiger partial charge in [0.25, 0.3) is 0 Å². The fourth-order valence-corrected chi connectivity index (χ4v) is 0.850. The maximum absolute atomic E-state index is 5.64. The summed E-state index contributed by atoms with van der Waals surface area (Å²) in [6, 6.07) is 7.76. The summed E-state index contributed by atoms with van der Waals surface area (Å²) >= 11 is 9.17. The average molecular weight is 175 g/mol. The Hall–Kier alpha value is -0.140. The molecule has 0 nitrogen and oxygen atoms in total. The zero-order valence-electron chi connectivity index (χ0n) is 6.13. The standard InChI is InChI=1S/C7H7Cl.CH4S/c1-6-3-2-4-7(8)5-6;1-2/h2-5H,1H3;2H,1H3. The lowest BCUT2D eigenvalue weighted by Crippen LogP contribution is -1.66. The maximum Gasteiger partial charge on any atom is 0.0408 e. The van der Waals surface area contributed by atoms with Crippen LogP contribution in [0, 0.1) is 6.92 Å². The van der Waals surface area contributed by atoms with Gasteiger partial charge in [-0.15, -0.1) is 0 Å². The maximum atomic E-state index is 5.64. The normalized spacial score (nSPS) is 8.00. The minimum Gasteiger partial charge on any atom is -0.183 e. The Morgan fingerprint density at radius 1 is 1.30 bits per heavy atom.